The number of carbonyl (C=O) groups is 3. The molecule has 6 heterocycles. The number of thiazole rings is 1. The lowest BCUT2D eigenvalue weighted by molar-refractivity contribution is -0.140. The molecule has 5 atom stereocenters. The summed E-state index contributed by atoms with van der Waals surface area (Å²) in [4.78, 5) is 55.9. The van der Waals surface area contributed by atoms with E-state index in [4.69, 9.17) is 9.26 Å². The Hall–Kier alpha value is -6.94. The monoisotopic (exact) mass is 1010 g/mol. The van der Waals surface area contributed by atoms with Crippen molar-refractivity contribution in [2.24, 2.45) is 0 Å². The van der Waals surface area contributed by atoms with Crippen LogP contribution in [0.3, 0.4) is 0 Å². The van der Waals surface area contributed by atoms with E-state index >= 15 is 8.78 Å². The zero-order chi connectivity index (χ0) is 50.1. The summed E-state index contributed by atoms with van der Waals surface area (Å²) in [6.07, 6.45) is 1.29. The first-order chi connectivity index (χ1) is 34.0. The Morgan fingerprint density at radius 3 is 2.45 bits per heavy atom. The summed E-state index contributed by atoms with van der Waals surface area (Å²) >= 11 is 1.56. The van der Waals surface area contributed by atoms with Gasteiger partial charge in [-0.25, -0.2) is 23.1 Å². The fraction of sp³-hybridized carbons (Fsp3) is 0.320. The van der Waals surface area contributed by atoms with Crippen LogP contribution in [0.5, 0.6) is 5.75 Å². The number of aryl methyl sites for hydroxylation is 2. The molecule has 2 amide bonds. The number of aromatic amines is 1. The summed E-state index contributed by atoms with van der Waals surface area (Å²) < 4.78 is 84.8. The highest BCUT2D eigenvalue weighted by Gasteiger charge is 2.43. The fourth-order valence-electron chi connectivity index (χ4n) is 8.99. The van der Waals surface area contributed by atoms with Gasteiger partial charge in [-0.1, -0.05) is 41.6 Å². The maximum Gasteiger partial charge on any atom is 0.301 e. The van der Waals surface area contributed by atoms with Crippen LogP contribution in [-0.4, -0.2) is 105 Å². The van der Waals surface area contributed by atoms with E-state index in [1.807, 2.05) is 42.8 Å². The zero-order valence-electron chi connectivity index (χ0n) is 38.7. The van der Waals surface area contributed by atoms with Gasteiger partial charge in [0.2, 0.25) is 17.6 Å². The number of amides is 2. The van der Waals surface area contributed by atoms with Crippen LogP contribution in [0.2, 0.25) is 0 Å². The van der Waals surface area contributed by atoms with Crippen LogP contribution >= 0.6 is 11.3 Å². The van der Waals surface area contributed by atoms with E-state index in [2.05, 4.69) is 25.4 Å². The molecular weight excluding hydrogens is 962 g/mol. The van der Waals surface area contributed by atoms with E-state index in [0.29, 0.717) is 34.8 Å². The third kappa shape index (κ3) is 10.4. The number of hydrogen-bond acceptors (Lipinski definition) is 12. The molecule has 0 saturated carbocycles. The number of carbonyl (C=O) groups excluding carboxylic acids is 3. The van der Waals surface area contributed by atoms with Crippen molar-refractivity contribution >= 4 is 55.9 Å². The average molecular weight is 1010 g/mol. The van der Waals surface area contributed by atoms with Crippen molar-refractivity contribution in [3.05, 3.63) is 136 Å². The van der Waals surface area contributed by atoms with Crippen molar-refractivity contribution in [1.29, 1.82) is 0 Å². The molecule has 3 aromatic carbocycles. The molecule has 0 radical (unpaired) electrons. The largest absolute Gasteiger partial charge is 0.494 e. The van der Waals surface area contributed by atoms with E-state index in [1.54, 1.807) is 66.4 Å². The third-order valence-corrected chi connectivity index (χ3v) is 15.3. The molecule has 4 N–H and O–H groups in total. The van der Waals surface area contributed by atoms with E-state index in [1.165, 1.54) is 11.1 Å². The van der Waals surface area contributed by atoms with Crippen LogP contribution in [0.25, 0.3) is 32.6 Å². The highest BCUT2D eigenvalue weighted by Crippen LogP contribution is 2.34. The maximum atomic E-state index is 15.8. The number of alkyl halides is 1. The molecular formula is C50H49F3N8O8S2. The van der Waals surface area contributed by atoms with Gasteiger partial charge >= 0.3 is 10.2 Å². The Kier molecular flexibility index (Phi) is 14.1. The number of halogens is 3. The van der Waals surface area contributed by atoms with Gasteiger partial charge in [0, 0.05) is 61.0 Å². The number of nitrogens with zero attached hydrogens (tertiary/aromatic N) is 5. The summed E-state index contributed by atoms with van der Waals surface area (Å²) in [7, 11) is -4.39. The quantitative estimate of drug-likeness (QED) is 0.0508. The van der Waals surface area contributed by atoms with Crippen molar-refractivity contribution in [2.45, 2.75) is 76.7 Å². The molecule has 0 spiro atoms. The van der Waals surface area contributed by atoms with Gasteiger partial charge in [-0.2, -0.15) is 12.7 Å². The number of anilines is 1. The summed E-state index contributed by atoms with van der Waals surface area (Å²) in [5, 5.41) is 18.0. The summed E-state index contributed by atoms with van der Waals surface area (Å²) in [6.45, 7) is 5.22. The molecule has 2 unspecified atom stereocenters. The standard InChI is InChI=1S/C50H49F3N8O8S2/c1-27-19-43(69-58-27)37(50(65)61-25-35(62)21-42(61)49(64)57-28(2)30-6-8-32(9-7-30)47-29(3)56-26-70-47)5-4-18-68-36-12-10-31(11-13-36)33-20-38-39(23-55-48(38)54-22-33)46(63)44-40(52)14-15-41(45(44)53)59-71(66,67)60-17-16-34(51)24-60/h6-15,19-20,22-23,26,28,34-35,37,42,59,62H,4-5,16-18,21,24-25H2,1-3H3,(H,54,55)(H,57,64)/t28?,34-,35-,37?,42+/m1/s1. The number of hydrogen-bond donors (Lipinski definition) is 4. The third-order valence-electron chi connectivity index (χ3n) is 12.8. The van der Waals surface area contributed by atoms with Gasteiger partial charge in [-0.15, -0.1) is 11.3 Å². The smallest absolute Gasteiger partial charge is 0.301 e. The molecule has 0 aliphatic carbocycles. The number of ether oxygens (including phenoxy) is 1. The van der Waals surface area contributed by atoms with Crippen molar-refractivity contribution in [3.63, 3.8) is 0 Å². The van der Waals surface area contributed by atoms with Gasteiger partial charge in [0.25, 0.3) is 0 Å². The Bertz CT molecular complexity index is 3220. The Balaban J connectivity index is 0.833. The molecule has 9 rings (SSSR count). The number of aromatic nitrogens is 4. The number of fused-ring (bicyclic) bond motifs is 1. The van der Waals surface area contributed by atoms with Crippen molar-refractivity contribution in [3.8, 4) is 27.3 Å². The van der Waals surface area contributed by atoms with Crippen LogP contribution in [0.1, 0.15) is 83.2 Å². The SMILES string of the molecule is Cc1cc(C(CCCOc2ccc(-c3cnc4[nH]cc(C(=O)c5c(F)ccc(NS(=O)(=O)N6CC[C@@H](F)C6)c5F)c4c3)cc2)C(=O)N2C[C@H](O)C[C@H]2C(=O)NC(C)c2ccc(-c3scnc3C)cc2)on1. The van der Waals surface area contributed by atoms with E-state index in [0.717, 1.165) is 38.1 Å². The van der Waals surface area contributed by atoms with Crippen molar-refractivity contribution in [1.82, 2.24) is 34.6 Å². The first kappa shape index (κ1) is 49.1. The summed E-state index contributed by atoms with van der Waals surface area (Å²) in [5.74, 6) is -4.42. The predicted octanol–water partition coefficient (Wildman–Crippen LogP) is 7.95. The van der Waals surface area contributed by atoms with Crippen LogP contribution in [0.15, 0.2) is 95.2 Å². The zero-order valence-corrected chi connectivity index (χ0v) is 40.3. The van der Waals surface area contributed by atoms with E-state index < -0.39 is 69.7 Å². The second-order valence-electron chi connectivity index (χ2n) is 17.7. The molecule has 7 aromatic rings. The number of pyridine rings is 1. The Morgan fingerprint density at radius 1 is 1.00 bits per heavy atom. The first-order valence-electron chi connectivity index (χ1n) is 22.9. The van der Waals surface area contributed by atoms with Crippen LogP contribution < -0.4 is 14.8 Å². The molecule has 4 aromatic heterocycles. The van der Waals surface area contributed by atoms with Gasteiger partial charge in [0.1, 0.15) is 35.2 Å². The minimum absolute atomic E-state index is 0.0199. The molecule has 2 aliphatic heterocycles. The molecule has 2 fully saturated rings. The Labute approximate surface area is 410 Å². The lowest BCUT2D eigenvalue weighted by Gasteiger charge is -2.28. The van der Waals surface area contributed by atoms with Crippen LogP contribution in [0, 0.1) is 25.5 Å². The van der Waals surface area contributed by atoms with Gasteiger partial charge in [-0.05, 0) is 87.1 Å². The van der Waals surface area contributed by atoms with Crippen molar-refractivity contribution in [2.75, 3.05) is 31.0 Å². The maximum absolute atomic E-state index is 15.8. The number of rotatable bonds is 17. The summed E-state index contributed by atoms with van der Waals surface area (Å²) in [6, 6.07) is 18.5. The van der Waals surface area contributed by atoms with Gasteiger partial charge in [0.15, 0.2) is 5.82 Å². The van der Waals surface area contributed by atoms with Crippen LogP contribution in [-0.2, 0) is 19.8 Å². The molecule has 2 saturated heterocycles. The number of benzene rings is 3. The number of H-pyrrole nitrogens is 1. The number of ketones is 1. The normalized spacial score (nSPS) is 18.2. The number of nitrogens with one attached hydrogen (secondary N) is 3. The van der Waals surface area contributed by atoms with E-state index in [9.17, 15) is 32.3 Å². The fourth-order valence-corrected chi connectivity index (χ4v) is 11.1. The van der Waals surface area contributed by atoms with Gasteiger partial charge in [-0.3, -0.25) is 19.1 Å². The van der Waals surface area contributed by atoms with Crippen molar-refractivity contribution < 1.29 is 50.3 Å². The summed E-state index contributed by atoms with van der Waals surface area (Å²) in [5.41, 5.74) is 4.97. The minimum atomic E-state index is -4.39. The predicted molar refractivity (Wildman–Crippen MR) is 259 cm³/mol. The molecule has 370 valence electrons. The Morgan fingerprint density at radius 2 is 1.76 bits per heavy atom. The highest BCUT2D eigenvalue weighted by molar-refractivity contribution is 7.90. The molecule has 71 heavy (non-hydrogen) atoms. The molecule has 21 heteroatoms. The second kappa shape index (κ2) is 20.4. The molecule has 2 aliphatic rings. The number of β-amino-alcohol motifs (C(OH)–C–C–N with tert-alkyl or cyclic N) is 1. The van der Waals surface area contributed by atoms with Crippen LogP contribution in [0.4, 0.5) is 18.9 Å². The first-order valence-corrected chi connectivity index (χ1v) is 25.2. The van der Waals surface area contributed by atoms with E-state index in [-0.39, 0.29) is 73.4 Å². The number of aliphatic hydroxyl groups is 1. The molecule has 0 bridgehead atoms. The average Bonchev–Trinajstić information content (AvgIpc) is 4.22. The topological polar surface area (TPSA) is 213 Å². The second-order valence-corrected chi connectivity index (χ2v) is 20.3. The lowest BCUT2D eigenvalue weighted by atomic mass is 9.97. The van der Waals surface area contributed by atoms with Gasteiger partial charge in [0.05, 0.1) is 57.7 Å². The number of aliphatic hydroxyl groups excluding tert-OH is 1. The lowest BCUT2D eigenvalue weighted by Crippen LogP contribution is -2.48. The molecule has 16 nitrogen and oxygen atoms in total. The minimum Gasteiger partial charge on any atom is -0.494 e. The van der Waals surface area contributed by atoms with Gasteiger partial charge < -0.3 is 29.6 Å². The number of likely N-dealkylation sites (tertiary alicyclic amines) is 1. The highest BCUT2D eigenvalue weighted by atomic mass is 32.2.